The molecule has 31 heavy (non-hydrogen) atoms. The summed E-state index contributed by atoms with van der Waals surface area (Å²) in [6.07, 6.45) is 5.60. The summed E-state index contributed by atoms with van der Waals surface area (Å²) in [7, 11) is 0. The second kappa shape index (κ2) is 7.10. The number of nitrogens with zero attached hydrogens (tertiary/aromatic N) is 6. The molecule has 5 aromatic rings. The fourth-order valence-electron chi connectivity index (χ4n) is 4.08. The van der Waals surface area contributed by atoms with Crippen molar-refractivity contribution in [1.82, 2.24) is 40.0 Å². The lowest BCUT2D eigenvalue weighted by atomic mass is 10.1. The molecule has 0 bridgehead atoms. The molecule has 0 aliphatic carbocycles. The number of nitrogens with one attached hydrogen (secondary N) is 2. The maximum atomic E-state index is 4.91. The van der Waals surface area contributed by atoms with Crippen LogP contribution in [0.4, 0.5) is 0 Å². The fraction of sp³-hybridized carbons (Fsp3) is 0.174. The average molecular weight is 408 g/mol. The first-order chi connectivity index (χ1) is 15.3. The van der Waals surface area contributed by atoms with Crippen molar-refractivity contribution < 1.29 is 0 Å². The Kier molecular flexibility index (Phi) is 4.10. The van der Waals surface area contributed by atoms with E-state index in [1.807, 2.05) is 49.6 Å². The molecule has 0 atom stereocenters. The molecule has 0 saturated heterocycles. The van der Waals surface area contributed by atoms with Gasteiger partial charge in [-0.25, -0.2) is 9.97 Å². The normalized spacial score (nSPS) is 13.5. The van der Waals surface area contributed by atoms with Gasteiger partial charge in [0, 0.05) is 42.7 Å². The van der Waals surface area contributed by atoms with E-state index < -0.39 is 0 Å². The number of aryl methyl sites for hydroxylation is 1. The summed E-state index contributed by atoms with van der Waals surface area (Å²) in [4.78, 5) is 18.8. The van der Waals surface area contributed by atoms with Gasteiger partial charge in [-0.05, 0) is 37.3 Å². The number of hydrogen-bond acceptors (Lipinski definition) is 6. The highest BCUT2D eigenvalue weighted by atomic mass is 15.1. The molecule has 6 rings (SSSR count). The number of imidazole rings is 1. The minimum absolute atomic E-state index is 0.825. The van der Waals surface area contributed by atoms with Crippen molar-refractivity contribution in [1.29, 1.82) is 0 Å². The first-order valence-electron chi connectivity index (χ1n) is 10.3. The van der Waals surface area contributed by atoms with Gasteiger partial charge < -0.3 is 9.88 Å². The maximum absolute atomic E-state index is 4.91. The molecule has 1 aliphatic rings. The molecular formula is C23H20N8. The zero-order valence-corrected chi connectivity index (χ0v) is 17.0. The first kappa shape index (κ1) is 17.9. The molecule has 0 saturated carbocycles. The number of H-pyrrole nitrogens is 1. The van der Waals surface area contributed by atoms with Crippen LogP contribution in [0.25, 0.3) is 45.1 Å². The maximum Gasteiger partial charge on any atom is 0.141 e. The van der Waals surface area contributed by atoms with E-state index in [1.54, 1.807) is 6.20 Å². The van der Waals surface area contributed by atoms with Gasteiger partial charge in [0.15, 0.2) is 0 Å². The SMILES string of the molecule is Cc1cccc(-c2[nH]ncc2-c2ccc3ncc(-c4ncc5n4CCNC5)cc3n2)n1. The van der Waals surface area contributed by atoms with Crippen molar-refractivity contribution in [3.8, 4) is 34.0 Å². The van der Waals surface area contributed by atoms with E-state index in [-0.39, 0.29) is 0 Å². The highest BCUT2D eigenvalue weighted by Crippen LogP contribution is 2.30. The Labute approximate surface area is 178 Å². The summed E-state index contributed by atoms with van der Waals surface area (Å²) in [5.41, 5.74) is 8.23. The second-order valence-corrected chi connectivity index (χ2v) is 7.68. The fourth-order valence-corrected chi connectivity index (χ4v) is 4.08. The first-order valence-corrected chi connectivity index (χ1v) is 10.3. The summed E-state index contributed by atoms with van der Waals surface area (Å²) in [6.45, 7) is 4.66. The summed E-state index contributed by atoms with van der Waals surface area (Å²) < 4.78 is 2.25. The summed E-state index contributed by atoms with van der Waals surface area (Å²) in [6, 6.07) is 12.0. The number of aromatic amines is 1. The third-order valence-corrected chi connectivity index (χ3v) is 5.61. The van der Waals surface area contributed by atoms with Crippen molar-refractivity contribution >= 4 is 11.0 Å². The molecule has 0 unspecified atom stereocenters. The van der Waals surface area contributed by atoms with Crippen LogP contribution in [0.2, 0.25) is 0 Å². The van der Waals surface area contributed by atoms with E-state index in [1.165, 1.54) is 5.69 Å². The van der Waals surface area contributed by atoms with E-state index >= 15 is 0 Å². The molecule has 152 valence electrons. The largest absolute Gasteiger partial charge is 0.326 e. The Bertz CT molecular complexity index is 1410. The van der Waals surface area contributed by atoms with Crippen LogP contribution in [-0.2, 0) is 13.1 Å². The van der Waals surface area contributed by atoms with E-state index in [9.17, 15) is 0 Å². The van der Waals surface area contributed by atoms with Gasteiger partial charge in [0.25, 0.3) is 0 Å². The van der Waals surface area contributed by atoms with E-state index in [4.69, 9.17) is 4.98 Å². The van der Waals surface area contributed by atoms with E-state index in [0.29, 0.717) is 0 Å². The van der Waals surface area contributed by atoms with Crippen LogP contribution in [-0.4, -0.2) is 41.2 Å². The predicted molar refractivity (Wildman–Crippen MR) is 118 cm³/mol. The van der Waals surface area contributed by atoms with Crippen molar-refractivity contribution in [2.24, 2.45) is 0 Å². The van der Waals surface area contributed by atoms with Crippen molar-refractivity contribution in [3.63, 3.8) is 0 Å². The topological polar surface area (TPSA) is 97.2 Å². The summed E-state index contributed by atoms with van der Waals surface area (Å²) in [5.74, 6) is 0.936. The highest BCUT2D eigenvalue weighted by Gasteiger charge is 2.17. The molecule has 0 fully saturated rings. The van der Waals surface area contributed by atoms with Crippen LogP contribution in [0.3, 0.4) is 0 Å². The monoisotopic (exact) mass is 408 g/mol. The molecule has 8 heteroatoms. The van der Waals surface area contributed by atoms with Gasteiger partial charge in [0.1, 0.15) is 5.82 Å². The molecule has 0 spiro atoms. The van der Waals surface area contributed by atoms with E-state index in [2.05, 4.69) is 41.1 Å². The molecular weight excluding hydrogens is 388 g/mol. The average Bonchev–Trinajstić information content (AvgIpc) is 3.46. The smallest absolute Gasteiger partial charge is 0.141 e. The summed E-state index contributed by atoms with van der Waals surface area (Å²) >= 11 is 0. The molecule has 1 aliphatic heterocycles. The third-order valence-electron chi connectivity index (χ3n) is 5.61. The predicted octanol–water partition coefficient (Wildman–Crippen LogP) is 3.36. The summed E-state index contributed by atoms with van der Waals surface area (Å²) in [5, 5.41) is 10.7. The quantitative estimate of drug-likeness (QED) is 0.475. The van der Waals surface area contributed by atoms with E-state index in [0.717, 1.165) is 70.4 Å². The Morgan fingerprint density at radius 3 is 2.84 bits per heavy atom. The van der Waals surface area contributed by atoms with Crippen LogP contribution < -0.4 is 5.32 Å². The van der Waals surface area contributed by atoms with Gasteiger partial charge in [-0.1, -0.05) is 6.07 Å². The Morgan fingerprint density at radius 1 is 0.935 bits per heavy atom. The Balaban J connectivity index is 1.44. The van der Waals surface area contributed by atoms with Gasteiger partial charge in [0.2, 0.25) is 0 Å². The number of aromatic nitrogens is 7. The zero-order valence-electron chi connectivity index (χ0n) is 17.0. The molecule has 0 radical (unpaired) electrons. The van der Waals surface area contributed by atoms with Crippen molar-refractivity contribution in [2.45, 2.75) is 20.0 Å². The van der Waals surface area contributed by atoms with Crippen LogP contribution in [0.15, 0.2) is 55.0 Å². The third kappa shape index (κ3) is 3.08. The van der Waals surface area contributed by atoms with Crippen LogP contribution in [0.5, 0.6) is 0 Å². The molecule has 0 amide bonds. The van der Waals surface area contributed by atoms with Crippen molar-refractivity contribution in [3.05, 3.63) is 66.4 Å². The molecule has 5 aromatic heterocycles. The number of rotatable bonds is 3. The van der Waals surface area contributed by atoms with Gasteiger partial charge in [0.05, 0.1) is 46.2 Å². The number of hydrogen-bond donors (Lipinski definition) is 2. The molecule has 8 nitrogen and oxygen atoms in total. The molecule has 0 aromatic carbocycles. The Morgan fingerprint density at radius 2 is 1.90 bits per heavy atom. The van der Waals surface area contributed by atoms with Gasteiger partial charge in [-0.15, -0.1) is 0 Å². The van der Waals surface area contributed by atoms with Gasteiger partial charge in [-0.3, -0.25) is 15.1 Å². The lowest BCUT2D eigenvalue weighted by Crippen LogP contribution is -2.27. The van der Waals surface area contributed by atoms with Crippen LogP contribution in [0, 0.1) is 6.92 Å². The lowest BCUT2D eigenvalue weighted by molar-refractivity contribution is 0.519. The number of fused-ring (bicyclic) bond motifs is 2. The molecule has 6 heterocycles. The van der Waals surface area contributed by atoms with Gasteiger partial charge in [-0.2, -0.15) is 5.10 Å². The van der Waals surface area contributed by atoms with Crippen molar-refractivity contribution in [2.75, 3.05) is 6.54 Å². The van der Waals surface area contributed by atoms with Crippen LogP contribution in [0.1, 0.15) is 11.4 Å². The minimum Gasteiger partial charge on any atom is -0.326 e. The zero-order chi connectivity index (χ0) is 20.8. The Hall–Kier alpha value is -3.91. The standard InChI is InChI=1S/C23H20N8/c1-14-3-2-4-20(28-14)22-17(13-27-30-22)18-5-6-19-21(29-18)9-15(10-25-19)23-26-12-16-11-24-7-8-31(16)23/h2-6,9-10,12-13,24H,7-8,11H2,1H3,(H,27,30). The second-order valence-electron chi connectivity index (χ2n) is 7.68. The number of pyridine rings is 3. The molecule has 2 N–H and O–H groups in total. The van der Waals surface area contributed by atoms with Gasteiger partial charge >= 0.3 is 0 Å². The minimum atomic E-state index is 0.825. The highest BCUT2D eigenvalue weighted by molar-refractivity contribution is 5.84. The lowest BCUT2D eigenvalue weighted by Gasteiger charge is -2.17. The van der Waals surface area contributed by atoms with Crippen LogP contribution >= 0.6 is 0 Å².